The molecular weight excluding hydrogens is 396 g/mol. The first-order valence-corrected chi connectivity index (χ1v) is 9.97. The Morgan fingerprint density at radius 3 is 1.12 bits per heavy atom. The molecule has 0 saturated carbocycles. The number of hydrogen-bond acceptors (Lipinski definition) is 4. The lowest BCUT2D eigenvalue weighted by atomic mass is 9.81. The summed E-state index contributed by atoms with van der Waals surface area (Å²) in [6.07, 6.45) is 0. The molecular formula is C28H14N2O2. The molecule has 0 bridgehead atoms. The van der Waals surface area contributed by atoms with Crippen molar-refractivity contribution in [2.45, 2.75) is 0 Å². The van der Waals surface area contributed by atoms with E-state index in [1.54, 1.807) is 36.4 Å². The van der Waals surface area contributed by atoms with Crippen molar-refractivity contribution in [3.05, 3.63) is 107 Å². The molecule has 0 amide bonds. The van der Waals surface area contributed by atoms with Gasteiger partial charge >= 0.3 is 0 Å². The fourth-order valence-corrected chi connectivity index (χ4v) is 4.01. The third-order valence-electron chi connectivity index (χ3n) is 5.72. The topological polar surface area (TPSA) is 81.7 Å². The zero-order chi connectivity index (χ0) is 22.2. The minimum absolute atomic E-state index is 0.386. The highest BCUT2D eigenvalue weighted by atomic mass is 16.2. The second kappa shape index (κ2) is 7.47. The summed E-state index contributed by atoms with van der Waals surface area (Å²) >= 11 is 0. The van der Waals surface area contributed by atoms with Crippen molar-refractivity contribution in [1.82, 2.24) is 0 Å². The van der Waals surface area contributed by atoms with E-state index in [4.69, 9.17) is 10.5 Å². The zero-order valence-corrected chi connectivity index (χ0v) is 16.8. The van der Waals surface area contributed by atoms with Gasteiger partial charge in [0, 0.05) is 11.1 Å². The Bertz CT molecular complexity index is 1380. The standard InChI is InChI=1S/C28H14N2O2/c29-15-17-1-5-19(6-2-17)21-9-11-23-25(13-21)26-14-22(10-12-24(26)28(32)27(23)31)20-7-3-18(16-30)4-8-20/h1-14H. The molecule has 0 aliphatic heterocycles. The molecule has 0 saturated heterocycles. The van der Waals surface area contributed by atoms with Gasteiger partial charge in [-0.2, -0.15) is 10.5 Å². The predicted octanol–water partition coefficient (Wildman–Crippen LogP) is 5.81. The summed E-state index contributed by atoms with van der Waals surface area (Å²) in [5, 5.41) is 18.1. The molecule has 4 nitrogen and oxygen atoms in total. The molecule has 4 heteroatoms. The molecule has 0 N–H and O–H groups in total. The van der Waals surface area contributed by atoms with E-state index in [1.165, 1.54) is 0 Å². The highest BCUT2D eigenvalue weighted by Gasteiger charge is 2.30. The Kier molecular flexibility index (Phi) is 4.48. The molecule has 0 aromatic heterocycles. The number of carbonyl (C=O) groups excluding carboxylic acids is 2. The van der Waals surface area contributed by atoms with Crippen LogP contribution in [0.15, 0.2) is 84.9 Å². The van der Waals surface area contributed by atoms with E-state index in [-0.39, 0.29) is 0 Å². The molecule has 0 unspecified atom stereocenters. The van der Waals surface area contributed by atoms with E-state index in [1.807, 2.05) is 48.5 Å². The van der Waals surface area contributed by atoms with Crippen LogP contribution in [0, 0.1) is 22.7 Å². The SMILES string of the molecule is N#Cc1ccc(-c2ccc3c(c2)-c2cc(-c4ccc(C#N)cc4)ccc2C(=O)C3=O)cc1. The third-order valence-corrected chi connectivity index (χ3v) is 5.72. The van der Waals surface area contributed by atoms with Gasteiger partial charge in [-0.1, -0.05) is 36.4 Å². The maximum absolute atomic E-state index is 12.7. The Hall–Kier alpha value is -4.80. The number of nitrogens with zero attached hydrogens (tertiary/aromatic N) is 2. The Labute approximate surface area is 184 Å². The minimum Gasteiger partial charge on any atom is -0.285 e. The molecule has 0 atom stereocenters. The summed E-state index contributed by atoms with van der Waals surface area (Å²) in [4.78, 5) is 25.4. The van der Waals surface area contributed by atoms with Crippen LogP contribution in [0.4, 0.5) is 0 Å². The average Bonchev–Trinajstić information content (AvgIpc) is 2.86. The summed E-state index contributed by atoms with van der Waals surface area (Å²) < 4.78 is 0. The van der Waals surface area contributed by atoms with Crippen molar-refractivity contribution in [2.24, 2.45) is 0 Å². The highest BCUT2D eigenvalue weighted by Crippen LogP contribution is 2.38. The number of fused-ring (bicyclic) bond motifs is 3. The Morgan fingerprint density at radius 2 is 0.781 bits per heavy atom. The first kappa shape index (κ1) is 19.2. The van der Waals surface area contributed by atoms with Crippen molar-refractivity contribution in [3.63, 3.8) is 0 Å². The van der Waals surface area contributed by atoms with E-state index in [0.717, 1.165) is 22.3 Å². The molecule has 0 radical (unpaired) electrons. The maximum Gasteiger partial charge on any atom is 0.234 e. The van der Waals surface area contributed by atoms with Gasteiger partial charge in [-0.25, -0.2) is 0 Å². The van der Waals surface area contributed by atoms with Crippen LogP contribution in [-0.2, 0) is 0 Å². The molecule has 5 rings (SSSR count). The van der Waals surface area contributed by atoms with Crippen molar-refractivity contribution in [1.29, 1.82) is 10.5 Å². The summed E-state index contributed by atoms with van der Waals surface area (Å²) in [6.45, 7) is 0. The van der Waals surface area contributed by atoms with E-state index >= 15 is 0 Å². The molecule has 1 aliphatic carbocycles. The highest BCUT2D eigenvalue weighted by molar-refractivity contribution is 6.53. The number of ketones is 2. The lowest BCUT2D eigenvalue weighted by molar-refractivity contribution is 0.0815. The summed E-state index contributed by atoms with van der Waals surface area (Å²) in [5.74, 6) is -1.02. The third kappa shape index (κ3) is 3.08. The van der Waals surface area contributed by atoms with Gasteiger partial charge in [0.05, 0.1) is 23.3 Å². The lowest BCUT2D eigenvalue weighted by Crippen LogP contribution is -2.21. The van der Waals surface area contributed by atoms with Crippen LogP contribution in [0.2, 0.25) is 0 Å². The van der Waals surface area contributed by atoms with Crippen molar-refractivity contribution < 1.29 is 9.59 Å². The van der Waals surface area contributed by atoms with Crippen molar-refractivity contribution in [2.75, 3.05) is 0 Å². The molecule has 148 valence electrons. The fourth-order valence-electron chi connectivity index (χ4n) is 4.01. The molecule has 4 aromatic carbocycles. The van der Waals surface area contributed by atoms with Crippen LogP contribution in [0.3, 0.4) is 0 Å². The smallest absolute Gasteiger partial charge is 0.234 e. The number of Topliss-reactive ketones (excluding diaryl/α,β-unsaturated/α-hetero) is 2. The van der Waals surface area contributed by atoms with Gasteiger partial charge in [-0.15, -0.1) is 0 Å². The number of benzene rings is 4. The van der Waals surface area contributed by atoms with Gasteiger partial charge in [0.2, 0.25) is 11.6 Å². The van der Waals surface area contributed by atoms with Crippen molar-refractivity contribution in [3.8, 4) is 45.5 Å². The molecule has 0 heterocycles. The number of hydrogen-bond donors (Lipinski definition) is 0. The van der Waals surface area contributed by atoms with Gasteiger partial charge in [-0.05, 0) is 81.9 Å². The first-order chi connectivity index (χ1) is 15.6. The monoisotopic (exact) mass is 410 g/mol. The van der Waals surface area contributed by atoms with Gasteiger partial charge in [0.25, 0.3) is 0 Å². The van der Waals surface area contributed by atoms with Crippen LogP contribution in [0.25, 0.3) is 33.4 Å². The second-order valence-electron chi connectivity index (χ2n) is 7.56. The Morgan fingerprint density at radius 1 is 0.438 bits per heavy atom. The first-order valence-electron chi connectivity index (χ1n) is 9.97. The Balaban J connectivity index is 1.66. The van der Waals surface area contributed by atoms with Gasteiger partial charge in [0.1, 0.15) is 0 Å². The van der Waals surface area contributed by atoms with Crippen LogP contribution >= 0.6 is 0 Å². The number of nitriles is 2. The van der Waals surface area contributed by atoms with Crippen LogP contribution in [0.5, 0.6) is 0 Å². The minimum atomic E-state index is -0.509. The summed E-state index contributed by atoms with van der Waals surface area (Å²) in [5.41, 5.74) is 6.96. The van der Waals surface area contributed by atoms with Gasteiger partial charge in [-0.3, -0.25) is 9.59 Å². The predicted molar refractivity (Wildman–Crippen MR) is 121 cm³/mol. The summed E-state index contributed by atoms with van der Waals surface area (Å²) in [7, 11) is 0. The van der Waals surface area contributed by atoms with Crippen LogP contribution in [0.1, 0.15) is 31.8 Å². The molecule has 1 aliphatic rings. The normalized spacial score (nSPS) is 11.8. The second-order valence-corrected chi connectivity index (χ2v) is 7.56. The van der Waals surface area contributed by atoms with Gasteiger partial charge < -0.3 is 0 Å². The number of rotatable bonds is 2. The maximum atomic E-state index is 12.7. The molecule has 0 spiro atoms. The quantitative estimate of drug-likeness (QED) is 0.391. The van der Waals surface area contributed by atoms with Crippen LogP contribution < -0.4 is 0 Å². The molecule has 0 fully saturated rings. The fraction of sp³-hybridized carbons (Fsp3) is 0. The van der Waals surface area contributed by atoms with Gasteiger partial charge in [0.15, 0.2) is 0 Å². The molecule has 32 heavy (non-hydrogen) atoms. The van der Waals surface area contributed by atoms with E-state index in [0.29, 0.717) is 33.4 Å². The van der Waals surface area contributed by atoms with Crippen molar-refractivity contribution >= 4 is 11.6 Å². The molecule has 4 aromatic rings. The average molecular weight is 410 g/mol. The van der Waals surface area contributed by atoms with E-state index in [2.05, 4.69) is 12.1 Å². The largest absolute Gasteiger partial charge is 0.285 e. The van der Waals surface area contributed by atoms with E-state index < -0.39 is 11.6 Å². The lowest BCUT2D eigenvalue weighted by Gasteiger charge is -2.20. The summed E-state index contributed by atoms with van der Waals surface area (Å²) in [6, 6.07) is 29.5. The van der Waals surface area contributed by atoms with E-state index in [9.17, 15) is 9.59 Å². The number of carbonyl (C=O) groups is 2. The zero-order valence-electron chi connectivity index (χ0n) is 16.8. The van der Waals surface area contributed by atoms with Crippen LogP contribution in [-0.4, -0.2) is 11.6 Å².